The van der Waals surface area contributed by atoms with E-state index in [9.17, 15) is 4.39 Å². The van der Waals surface area contributed by atoms with Crippen molar-refractivity contribution in [3.05, 3.63) is 53.0 Å². The molecule has 0 unspecified atom stereocenters. The molecule has 0 aliphatic carbocycles. The lowest BCUT2D eigenvalue weighted by Crippen LogP contribution is -2.01. The Morgan fingerprint density at radius 2 is 2.20 bits per heavy atom. The van der Waals surface area contributed by atoms with Gasteiger partial charge in [-0.2, -0.15) is 5.10 Å². The maximum atomic E-state index is 13.9. The molecule has 3 aromatic rings. The number of benzene rings is 1. The third-order valence-electron chi connectivity index (χ3n) is 2.78. The molecule has 0 aliphatic rings. The first-order valence-corrected chi connectivity index (χ1v) is 6.71. The number of aryl methyl sites for hydroxylation is 2. The maximum Gasteiger partial charge on any atom is 0.163 e. The fourth-order valence-corrected chi connectivity index (χ4v) is 2.13. The van der Waals surface area contributed by atoms with Crippen LogP contribution < -0.4 is 0 Å². The lowest BCUT2D eigenvalue weighted by atomic mass is 10.3. The second-order valence-corrected chi connectivity index (χ2v) is 4.99. The molecular formula is C12H10BrFN6. The second kappa shape index (κ2) is 5.49. The fraction of sp³-hybridized carbons (Fsp3) is 0.167. The molecular weight excluding hydrogens is 327 g/mol. The summed E-state index contributed by atoms with van der Waals surface area (Å²) < 4.78 is 17.5. The van der Waals surface area contributed by atoms with Crippen LogP contribution in [0, 0.1) is 5.82 Å². The standard InChI is InChI=1S/C12H10BrFN6/c13-10-2-1-3-11(12(10)14)20-6-9(17-18-20)4-5-19-8-15-7-16-19/h1-3,6-8H,4-5H2. The normalized spacial score (nSPS) is 10.9. The average Bonchev–Trinajstić information content (AvgIpc) is 3.10. The predicted molar refractivity (Wildman–Crippen MR) is 72.7 cm³/mol. The Kier molecular flexibility index (Phi) is 3.55. The van der Waals surface area contributed by atoms with Crippen LogP contribution in [0.1, 0.15) is 5.69 Å². The molecule has 20 heavy (non-hydrogen) atoms. The molecule has 0 aliphatic heterocycles. The maximum absolute atomic E-state index is 13.9. The van der Waals surface area contributed by atoms with Gasteiger partial charge in [0.25, 0.3) is 0 Å². The molecule has 0 fully saturated rings. The summed E-state index contributed by atoms with van der Waals surface area (Å²) in [4.78, 5) is 3.86. The van der Waals surface area contributed by atoms with Gasteiger partial charge in [-0.15, -0.1) is 5.10 Å². The fourth-order valence-electron chi connectivity index (χ4n) is 1.78. The third-order valence-corrected chi connectivity index (χ3v) is 3.39. The molecule has 0 amide bonds. The lowest BCUT2D eigenvalue weighted by molar-refractivity contribution is 0.600. The Bertz CT molecular complexity index is 709. The highest BCUT2D eigenvalue weighted by molar-refractivity contribution is 9.10. The topological polar surface area (TPSA) is 61.4 Å². The van der Waals surface area contributed by atoms with Crippen LogP contribution in [0.15, 0.2) is 41.5 Å². The summed E-state index contributed by atoms with van der Waals surface area (Å²) in [5.41, 5.74) is 1.12. The van der Waals surface area contributed by atoms with Gasteiger partial charge in [-0.3, -0.25) is 4.68 Å². The number of hydrogen-bond acceptors (Lipinski definition) is 4. The van der Waals surface area contributed by atoms with Gasteiger partial charge in [-0.1, -0.05) is 11.3 Å². The van der Waals surface area contributed by atoms with Crippen LogP contribution in [-0.2, 0) is 13.0 Å². The Labute approximate surface area is 122 Å². The van der Waals surface area contributed by atoms with Gasteiger partial charge in [0.15, 0.2) is 5.82 Å². The predicted octanol–water partition coefficient (Wildman–Crippen LogP) is 2.00. The van der Waals surface area contributed by atoms with Crippen molar-refractivity contribution in [3.63, 3.8) is 0 Å². The highest BCUT2D eigenvalue weighted by atomic mass is 79.9. The van der Waals surface area contributed by atoms with Gasteiger partial charge in [-0.25, -0.2) is 14.1 Å². The summed E-state index contributed by atoms with van der Waals surface area (Å²) in [6, 6.07) is 5.04. The van der Waals surface area contributed by atoms with Crippen molar-refractivity contribution in [3.8, 4) is 5.69 Å². The Balaban J connectivity index is 1.78. The first-order chi connectivity index (χ1) is 9.74. The van der Waals surface area contributed by atoms with Gasteiger partial charge in [0.1, 0.15) is 18.3 Å². The van der Waals surface area contributed by atoms with Gasteiger partial charge in [0, 0.05) is 13.0 Å². The van der Waals surface area contributed by atoms with Crippen LogP contribution in [-0.4, -0.2) is 29.8 Å². The van der Waals surface area contributed by atoms with Gasteiger partial charge in [0.05, 0.1) is 16.4 Å². The number of nitrogens with zero attached hydrogens (tertiary/aromatic N) is 6. The molecule has 0 spiro atoms. The van der Waals surface area contributed by atoms with Crippen molar-refractivity contribution in [2.24, 2.45) is 0 Å². The zero-order chi connectivity index (χ0) is 13.9. The molecule has 3 rings (SSSR count). The molecule has 0 saturated carbocycles. The van der Waals surface area contributed by atoms with E-state index in [-0.39, 0.29) is 5.82 Å². The molecule has 2 aromatic heterocycles. The van der Waals surface area contributed by atoms with Crippen molar-refractivity contribution in [1.29, 1.82) is 0 Å². The largest absolute Gasteiger partial charge is 0.253 e. The molecule has 102 valence electrons. The van der Waals surface area contributed by atoms with Crippen molar-refractivity contribution >= 4 is 15.9 Å². The first kappa shape index (κ1) is 12.9. The van der Waals surface area contributed by atoms with Crippen molar-refractivity contribution in [2.75, 3.05) is 0 Å². The highest BCUT2D eigenvalue weighted by Gasteiger charge is 2.10. The van der Waals surface area contributed by atoms with Gasteiger partial charge < -0.3 is 0 Å². The van der Waals surface area contributed by atoms with Crippen LogP contribution in [0.5, 0.6) is 0 Å². The van der Waals surface area contributed by atoms with Crippen LogP contribution in [0.25, 0.3) is 5.69 Å². The quantitative estimate of drug-likeness (QED) is 0.731. The molecule has 0 N–H and O–H groups in total. The lowest BCUT2D eigenvalue weighted by Gasteiger charge is -2.02. The van der Waals surface area contributed by atoms with Crippen molar-refractivity contribution < 1.29 is 4.39 Å². The van der Waals surface area contributed by atoms with E-state index in [4.69, 9.17) is 0 Å². The summed E-state index contributed by atoms with van der Waals surface area (Å²) in [7, 11) is 0. The summed E-state index contributed by atoms with van der Waals surface area (Å²) in [6.07, 6.45) is 5.48. The molecule has 0 saturated heterocycles. The SMILES string of the molecule is Fc1c(Br)cccc1-n1cc(CCn2cncn2)nn1. The van der Waals surface area contributed by atoms with Crippen molar-refractivity contribution in [1.82, 2.24) is 29.8 Å². The molecule has 0 atom stereocenters. The molecule has 0 bridgehead atoms. The van der Waals surface area contributed by atoms with E-state index in [0.29, 0.717) is 23.1 Å². The highest BCUT2D eigenvalue weighted by Crippen LogP contribution is 2.21. The van der Waals surface area contributed by atoms with Crippen LogP contribution in [0.4, 0.5) is 4.39 Å². The second-order valence-electron chi connectivity index (χ2n) is 4.14. The van der Waals surface area contributed by atoms with Crippen molar-refractivity contribution in [2.45, 2.75) is 13.0 Å². The van der Waals surface area contributed by atoms with Crippen LogP contribution in [0.3, 0.4) is 0 Å². The molecule has 0 radical (unpaired) electrons. The van der Waals surface area contributed by atoms with E-state index in [0.717, 1.165) is 5.69 Å². The average molecular weight is 337 g/mol. The molecule has 6 nitrogen and oxygen atoms in total. The number of hydrogen-bond donors (Lipinski definition) is 0. The van der Waals surface area contributed by atoms with Gasteiger partial charge in [0.2, 0.25) is 0 Å². The van der Waals surface area contributed by atoms with Crippen LogP contribution in [0.2, 0.25) is 0 Å². The van der Waals surface area contributed by atoms with E-state index in [1.54, 1.807) is 35.4 Å². The van der Waals surface area contributed by atoms with E-state index < -0.39 is 0 Å². The van der Waals surface area contributed by atoms with E-state index >= 15 is 0 Å². The van der Waals surface area contributed by atoms with E-state index in [1.165, 1.54) is 11.0 Å². The minimum absolute atomic E-state index is 0.360. The van der Waals surface area contributed by atoms with Gasteiger partial charge >= 0.3 is 0 Å². The minimum Gasteiger partial charge on any atom is -0.253 e. The molecule has 1 aromatic carbocycles. The summed E-state index contributed by atoms with van der Waals surface area (Å²) in [5.74, 6) is -0.361. The minimum atomic E-state index is -0.361. The number of aromatic nitrogens is 6. The summed E-state index contributed by atoms with van der Waals surface area (Å²) >= 11 is 3.15. The Morgan fingerprint density at radius 3 is 3.00 bits per heavy atom. The van der Waals surface area contributed by atoms with E-state index in [1.807, 2.05) is 0 Å². The molecule has 2 heterocycles. The Morgan fingerprint density at radius 1 is 1.30 bits per heavy atom. The number of rotatable bonds is 4. The smallest absolute Gasteiger partial charge is 0.163 e. The van der Waals surface area contributed by atoms with Gasteiger partial charge in [-0.05, 0) is 28.1 Å². The zero-order valence-corrected chi connectivity index (χ0v) is 11.9. The van der Waals surface area contributed by atoms with E-state index in [2.05, 4.69) is 36.3 Å². The van der Waals surface area contributed by atoms with Crippen LogP contribution >= 0.6 is 15.9 Å². The first-order valence-electron chi connectivity index (χ1n) is 5.92. The number of halogens is 2. The molecule has 8 heteroatoms. The zero-order valence-electron chi connectivity index (χ0n) is 10.3. The monoisotopic (exact) mass is 336 g/mol. The third kappa shape index (κ3) is 2.60. The summed E-state index contributed by atoms with van der Waals surface area (Å²) in [6.45, 7) is 0.652. The summed E-state index contributed by atoms with van der Waals surface area (Å²) in [5, 5.41) is 12.0. The Hall–Kier alpha value is -2.09.